The Labute approximate surface area is 89.1 Å². The fourth-order valence-electron chi connectivity index (χ4n) is 1.25. The fourth-order valence-corrected chi connectivity index (χ4v) is 1.36. The van der Waals surface area contributed by atoms with Gasteiger partial charge in [0.2, 0.25) is 0 Å². The van der Waals surface area contributed by atoms with Gasteiger partial charge in [0.1, 0.15) is 0 Å². The van der Waals surface area contributed by atoms with E-state index in [1.807, 2.05) is 19.1 Å². The molecule has 0 aliphatic heterocycles. The van der Waals surface area contributed by atoms with Gasteiger partial charge < -0.3 is 10.2 Å². The largest absolute Gasteiger partial charge is 0.391 e. The zero-order valence-corrected chi connectivity index (χ0v) is 9.12. The fraction of sp³-hybridized carbons (Fsp3) is 0.455. The summed E-state index contributed by atoms with van der Waals surface area (Å²) in [5, 5.41) is 19.3. The van der Waals surface area contributed by atoms with Gasteiger partial charge in [-0.2, -0.15) is 0 Å². The lowest BCUT2D eigenvalue weighted by Crippen LogP contribution is -2.24. The first-order chi connectivity index (χ1) is 6.50. The van der Waals surface area contributed by atoms with Crippen LogP contribution in [0.3, 0.4) is 0 Å². The van der Waals surface area contributed by atoms with Crippen LogP contribution < -0.4 is 0 Å². The van der Waals surface area contributed by atoms with E-state index in [4.69, 9.17) is 16.7 Å². The maximum atomic E-state index is 9.46. The molecule has 0 aliphatic carbocycles. The molecule has 0 spiro atoms. The first-order valence-corrected chi connectivity index (χ1v) is 4.99. The Morgan fingerprint density at radius 2 is 2.00 bits per heavy atom. The predicted molar refractivity (Wildman–Crippen MR) is 57.6 cm³/mol. The van der Waals surface area contributed by atoms with Gasteiger partial charge in [-0.1, -0.05) is 23.7 Å². The second kappa shape index (κ2) is 4.78. The first kappa shape index (κ1) is 11.5. The van der Waals surface area contributed by atoms with Crippen LogP contribution in [0.2, 0.25) is 5.02 Å². The minimum Gasteiger partial charge on any atom is -0.391 e. The molecule has 0 fully saturated rings. The van der Waals surface area contributed by atoms with E-state index in [-0.39, 0.29) is 0 Å². The van der Waals surface area contributed by atoms with Crippen molar-refractivity contribution in [1.29, 1.82) is 0 Å². The van der Waals surface area contributed by atoms with Crippen molar-refractivity contribution < 1.29 is 10.2 Å². The van der Waals surface area contributed by atoms with Gasteiger partial charge in [-0.3, -0.25) is 0 Å². The molecule has 0 bridgehead atoms. The summed E-state index contributed by atoms with van der Waals surface area (Å²) in [6.07, 6.45) is -0.961. The molecule has 0 saturated heterocycles. The van der Waals surface area contributed by atoms with Crippen LogP contribution in [0.25, 0.3) is 0 Å². The standard InChI is InChI=1S/C11H15ClO2/c1-7-5-9(3-4-10(7)12)6-11(14)8(2)13/h3-5,8,11,13-14H,6H2,1-2H3. The van der Waals surface area contributed by atoms with Crippen molar-refractivity contribution in [2.75, 3.05) is 0 Å². The molecule has 2 atom stereocenters. The Hall–Kier alpha value is -0.570. The third kappa shape index (κ3) is 2.98. The van der Waals surface area contributed by atoms with Crippen LogP contribution in [-0.4, -0.2) is 22.4 Å². The van der Waals surface area contributed by atoms with Crippen LogP contribution in [0, 0.1) is 6.92 Å². The molecule has 0 amide bonds. The number of aliphatic hydroxyl groups is 2. The second-order valence-corrected chi connectivity index (χ2v) is 4.00. The second-order valence-electron chi connectivity index (χ2n) is 3.60. The highest BCUT2D eigenvalue weighted by Crippen LogP contribution is 2.17. The Morgan fingerprint density at radius 3 is 2.50 bits per heavy atom. The Bertz CT molecular complexity index is 310. The van der Waals surface area contributed by atoms with Crippen molar-refractivity contribution >= 4 is 11.6 Å². The smallest absolute Gasteiger partial charge is 0.0836 e. The van der Waals surface area contributed by atoms with Crippen molar-refractivity contribution in [3.05, 3.63) is 34.3 Å². The topological polar surface area (TPSA) is 40.5 Å². The SMILES string of the molecule is Cc1cc(CC(O)C(C)O)ccc1Cl. The quantitative estimate of drug-likeness (QED) is 0.808. The van der Waals surface area contributed by atoms with E-state index in [1.54, 1.807) is 13.0 Å². The first-order valence-electron chi connectivity index (χ1n) is 4.62. The maximum absolute atomic E-state index is 9.46. The van der Waals surface area contributed by atoms with E-state index in [2.05, 4.69) is 0 Å². The van der Waals surface area contributed by atoms with Crippen molar-refractivity contribution in [2.45, 2.75) is 32.5 Å². The third-order valence-corrected chi connectivity index (χ3v) is 2.65. The molecule has 0 heterocycles. The molecule has 2 unspecified atom stereocenters. The molecular weight excluding hydrogens is 200 g/mol. The lowest BCUT2D eigenvalue weighted by atomic mass is 10.0. The number of benzene rings is 1. The van der Waals surface area contributed by atoms with Crippen LogP contribution >= 0.6 is 11.6 Å². The number of rotatable bonds is 3. The number of hydrogen-bond acceptors (Lipinski definition) is 2. The summed E-state index contributed by atoms with van der Waals surface area (Å²) in [7, 11) is 0. The van der Waals surface area contributed by atoms with Crippen molar-refractivity contribution in [3.8, 4) is 0 Å². The summed E-state index contributed by atoms with van der Waals surface area (Å²) in [6.45, 7) is 3.49. The summed E-state index contributed by atoms with van der Waals surface area (Å²) in [6, 6.07) is 5.59. The minimum absolute atomic E-state index is 0.454. The molecule has 3 heteroatoms. The number of hydrogen-bond donors (Lipinski definition) is 2. The average molecular weight is 215 g/mol. The molecule has 1 rings (SSSR count). The highest BCUT2D eigenvalue weighted by atomic mass is 35.5. The van der Waals surface area contributed by atoms with E-state index in [9.17, 15) is 5.11 Å². The number of halogens is 1. The molecule has 2 nitrogen and oxygen atoms in total. The minimum atomic E-state index is -0.712. The van der Waals surface area contributed by atoms with Crippen LogP contribution in [0.1, 0.15) is 18.1 Å². The lowest BCUT2D eigenvalue weighted by Gasteiger charge is -2.13. The lowest BCUT2D eigenvalue weighted by molar-refractivity contribution is 0.0319. The maximum Gasteiger partial charge on any atom is 0.0836 e. The van der Waals surface area contributed by atoms with E-state index < -0.39 is 12.2 Å². The molecule has 1 aromatic carbocycles. The van der Waals surface area contributed by atoms with Gasteiger partial charge in [0.25, 0.3) is 0 Å². The van der Waals surface area contributed by atoms with Crippen molar-refractivity contribution in [2.24, 2.45) is 0 Å². The van der Waals surface area contributed by atoms with Gasteiger partial charge in [0, 0.05) is 11.4 Å². The van der Waals surface area contributed by atoms with Crippen LogP contribution in [0.15, 0.2) is 18.2 Å². The number of aryl methyl sites for hydroxylation is 1. The molecule has 0 radical (unpaired) electrons. The Balaban J connectivity index is 2.73. The van der Waals surface area contributed by atoms with E-state index in [0.717, 1.165) is 16.1 Å². The van der Waals surface area contributed by atoms with Gasteiger partial charge >= 0.3 is 0 Å². The molecule has 14 heavy (non-hydrogen) atoms. The summed E-state index contributed by atoms with van der Waals surface area (Å²) < 4.78 is 0. The summed E-state index contributed by atoms with van der Waals surface area (Å²) in [5.74, 6) is 0. The monoisotopic (exact) mass is 214 g/mol. The molecule has 2 N–H and O–H groups in total. The Morgan fingerprint density at radius 1 is 1.36 bits per heavy atom. The molecule has 78 valence electrons. The van der Waals surface area contributed by atoms with E-state index >= 15 is 0 Å². The summed E-state index contributed by atoms with van der Waals surface area (Å²) in [5.41, 5.74) is 1.97. The van der Waals surface area contributed by atoms with Crippen molar-refractivity contribution in [3.63, 3.8) is 0 Å². The normalized spacial score (nSPS) is 15.2. The molecule has 1 aromatic rings. The van der Waals surface area contributed by atoms with Gasteiger partial charge in [-0.05, 0) is 31.0 Å². The molecule has 0 aliphatic rings. The zero-order valence-electron chi connectivity index (χ0n) is 8.37. The molecule has 0 aromatic heterocycles. The summed E-state index contributed by atoms with van der Waals surface area (Å²) in [4.78, 5) is 0. The highest BCUT2D eigenvalue weighted by Gasteiger charge is 2.11. The van der Waals surface area contributed by atoms with Gasteiger partial charge in [-0.25, -0.2) is 0 Å². The van der Waals surface area contributed by atoms with Crippen LogP contribution in [-0.2, 0) is 6.42 Å². The third-order valence-electron chi connectivity index (χ3n) is 2.22. The van der Waals surface area contributed by atoms with Gasteiger partial charge in [0.15, 0.2) is 0 Å². The summed E-state index contributed by atoms with van der Waals surface area (Å²) >= 11 is 5.87. The van der Waals surface area contributed by atoms with Gasteiger partial charge in [-0.15, -0.1) is 0 Å². The zero-order chi connectivity index (χ0) is 10.7. The van der Waals surface area contributed by atoms with E-state index in [0.29, 0.717) is 6.42 Å². The molecule has 0 saturated carbocycles. The van der Waals surface area contributed by atoms with Crippen LogP contribution in [0.5, 0.6) is 0 Å². The van der Waals surface area contributed by atoms with Crippen LogP contribution in [0.4, 0.5) is 0 Å². The highest BCUT2D eigenvalue weighted by molar-refractivity contribution is 6.31. The predicted octanol–water partition coefficient (Wildman–Crippen LogP) is 1.93. The van der Waals surface area contributed by atoms with Gasteiger partial charge in [0.05, 0.1) is 12.2 Å². The molecular formula is C11H15ClO2. The van der Waals surface area contributed by atoms with E-state index in [1.165, 1.54) is 0 Å². The number of aliphatic hydroxyl groups excluding tert-OH is 2. The van der Waals surface area contributed by atoms with Crippen molar-refractivity contribution in [1.82, 2.24) is 0 Å². The Kier molecular flexibility index (Phi) is 3.93. The average Bonchev–Trinajstić information content (AvgIpc) is 2.11.